The number of morpholine rings is 1. The standard InChI is InChI=1S/C16H22N2O4/c1-10-7-18(8-11(2)22-10)9-14(19)12-5-15-16(6-13(12)17)21-4-3-20-15/h5-6,10-11H,3-4,7-9,17H2,1-2H3. The fourth-order valence-electron chi connectivity index (χ4n) is 3.05. The van der Waals surface area contributed by atoms with Gasteiger partial charge in [0.05, 0.1) is 18.8 Å². The van der Waals surface area contributed by atoms with Gasteiger partial charge in [0.15, 0.2) is 17.3 Å². The van der Waals surface area contributed by atoms with Crippen molar-refractivity contribution in [3.63, 3.8) is 0 Å². The fraction of sp³-hybridized carbons (Fsp3) is 0.562. The lowest BCUT2D eigenvalue weighted by Gasteiger charge is -2.34. The van der Waals surface area contributed by atoms with E-state index in [4.69, 9.17) is 19.9 Å². The molecule has 2 aliphatic heterocycles. The highest BCUT2D eigenvalue weighted by Gasteiger charge is 2.25. The van der Waals surface area contributed by atoms with Crippen molar-refractivity contribution >= 4 is 11.5 Å². The van der Waals surface area contributed by atoms with Gasteiger partial charge in [-0.1, -0.05) is 0 Å². The molecular weight excluding hydrogens is 284 g/mol. The van der Waals surface area contributed by atoms with Gasteiger partial charge in [0.1, 0.15) is 13.2 Å². The molecule has 120 valence electrons. The van der Waals surface area contributed by atoms with Crippen molar-refractivity contribution in [2.45, 2.75) is 26.1 Å². The zero-order valence-corrected chi connectivity index (χ0v) is 13.0. The van der Waals surface area contributed by atoms with Gasteiger partial charge in [0.2, 0.25) is 0 Å². The molecule has 1 aromatic carbocycles. The molecule has 2 N–H and O–H groups in total. The average molecular weight is 306 g/mol. The summed E-state index contributed by atoms with van der Waals surface area (Å²) in [7, 11) is 0. The van der Waals surface area contributed by atoms with E-state index in [9.17, 15) is 4.79 Å². The highest BCUT2D eigenvalue weighted by atomic mass is 16.6. The van der Waals surface area contributed by atoms with E-state index < -0.39 is 0 Å². The molecule has 0 aliphatic carbocycles. The topological polar surface area (TPSA) is 74.0 Å². The van der Waals surface area contributed by atoms with Crippen molar-refractivity contribution in [1.29, 1.82) is 0 Å². The van der Waals surface area contributed by atoms with Crippen LogP contribution in [0.5, 0.6) is 11.5 Å². The minimum absolute atomic E-state index is 0.00391. The van der Waals surface area contributed by atoms with E-state index in [1.807, 2.05) is 13.8 Å². The van der Waals surface area contributed by atoms with E-state index in [-0.39, 0.29) is 18.0 Å². The lowest BCUT2D eigenvalue weighted by atomic mass is 10.1. The molecule has 2 atom stereocenters. The van der Waals surface area contributed by atoms with Gasteiger partial charge in [-0.15, -0.1) is 0 Å². The summed E-state index contributed by atoms with van der Waals surface area (Å²) in [6.07, 6.45) is 0.267. The highest BCUT2D eigenvalue weighted by molar-refractivity contribution is 6.02. The third-order valence-corrected chi connectivity index (χ3v) is 3.88. The summed E-state index contributed by atoms with van der Waals surface area (Å²) in [4.78, 5) is 14.7. The maximum absolute atomic E-state index is 12.6. The predicted octanol–water partition coefficient (Wildman–Crippen LogP) is 1.33. The Balaban J connectivity index is 1.74. The third kappa shape index (κ3) is 3.18. The van der Waals surface area contributed by atoms with Crippen LogP contribution in [-0.4, -0.2) is 55.7 Å². The third-order valence-electron chi connectivity index (χ3n) is 3.88. The summed E-state index contributed by atoms with van der Waals surface area (Å²) >= 11 is 0. The van der Waals surface area contributed by atoms with Crippen molar-refractivity contribution in [3.05, 3.63) is 17.7 Å². The zero-order valence-electron chi connectivity index (χ0n) is 13.0. The number of fused-ring (bicyclic) bond motifs is 1. The van der Waals surface area contributed by atoms with Crippen LogP contribution in [-0.2, 0) is 4.74 Å². The predicted molar refractivity (Wildman–Crippen MR) is 82.6 cm³/mol. The van der Waals surface area contributed by atoms with Crippen molar-refractivity contribution in [1.82, 2.24) is 4.90 Å². The summed E-state index contributed by atoms with van der Waals surface area (Å²) in [6, 6.07) is 3.37. The first-order chi connectivity index (χ1) is 10.5. The normalized spacial score (nSPS) is 25.0. The van der Waals surface area contributed by atoms with Crippen LogP contribution in [0.4, 0.5) is 5.69 Å². The number of hydrogen-bond donors (Lipinski definition) is 1. The number of rotatable bonds is 3. The number of nitrogens with zero attached hydrogens (tertiary/aromatic N) is 1. The Morgan fingerprint density at radius 1 is 1.18 bits per heavy atom. The van der Waals surface area contributed by atoms with E-state index in [0.29, 0.717) is 42.5 Å². The van der Waals surface area contributed by atoms with Gasteiger partial charge in [-0.3, -0.25) is 9.69 Å². The second kappa shape index (κ2) is 6.14. The number of nitrogen functional groups attached to an aromatic ring is 1. The second-order valence-electron chi connectivity index (χ2n) is 5.96. The Morgan fingerprint density at radius 2 is 1.77 bits per heavy atom. The van der Waals surface area contributed by atoms with Crippen molar-refractivity contribution in [3.8, 4) is 11.5 Å². The Morgan fingerprint density at radius 3 is 2.41 bits per heavy atom. The van der Waals surface area contributed by atoms with Crippen LogP contribution < -0.4 is 15.2 Å². The number of carbonyl (C=O) groups excluding carboxylic acids is 1. The first kappa shape index (κ1) is 15.1. The SMILES string of the molecule is CC1CN(CC(=O)c2cc3c(cc2N)OCCO3)CC(C)O1. The van der Waals surface area contributed by atoms with Crippen molar-refractivity contribution in [2.24, 2.45) is 0 Å². The van der Waals surface area contributed by atoms with Gasteiger partial charge in [-0.2, -0.15) is 0 Å². The van der Waals surface area contributed by atoms with E-state index in [0.717, 1.165) is 13.1 Å². The molecule has 0 bridgehead atoms. The number of anilines is 1. The molecule has 1 aromatic rings. The molecule has 6 heteroatoms. The highest BCUT2D eigenvalue weighted by Crippen LogP contribution is 2.34. The molecule has 2 aliphatic rings. The van der Waals surface area contributed by atoms with Crippen LogP contribution in [0, 0.1) is 0 Å². The van der Waals surface area contributed by atoms with E-state index in [2.05, 4.69) is 4.90 Å². The van der Waals surface area contributed by atoms with Gasteiger partial charge in [0, 0.05) is 30.4 Å². The summed E-state index contributed by atoms with van der Waals surface area (Å²) < 4.78 is 16.7. The Labute approximate surface area is 130 Å². The van der Waals surface area contributed by atoms with Crippen molar-refractivity contribution < 1.29 is 19.0 Å². The van der Waals surface area contributed by atoms with Gasteiger partial charge < -0.3 is 19.9 Å². The van der Waals surface area contributed by atoms with E-state index in [1.165, 1.54) is 0 Å². The average Bonchev–Trinajstić information content (AvgIpc) is 2.45. The van der Waals surface area contributed by atoms with E-state index >= 15 is 0 Å². The van der Waals surface area contributed by atoms with Crippen LogP contribution in [0.25, 0.3) is 0 Å². The van der Waals surface area contributed by atoms with Crippen LogP contribution in [0.15, 0.2) is 12.1 Å². The number of Topliss-reactive ketones (excluding diaryl/α,β-unsaturated/α-hetero) is 1. The molecule has 1 fully saturated rings. The number of ketones is 1. The molecule has 6 nitrogen and oxygen atoms in total. The number of nitrogens with two attached hydrogens (primary N) is 1. The summed E-state index contributed by atoms with van der Waals surface area (Å²) in [5, 5.41) is 0. The van der Waals surface area contributed by atoms with Crippen LogP contribution in [0.2, 0.25) is 0 Å². The lowest BCUT2D eigenvalue weighted by Crippen LogP contribution is -2.47. The molecule has 0 amide bonds. The van der Waals surface area contributed by atoms with Gasteiger partial charge >= 0.3 is 0 Å². The zero-order chi connectivity index (χ0) is 15.7. The number of hydrogen-bond acceptors (Lipinski definition) is 6. The molecular formula is C16H22N2O4. The minimum Gasteiger partial charge on any atom is -0.486 e. The first-order valence-corrected chi connectivity index (χ1v) is 7.63. The first-order valence-electron chi connectivity index (χ1n) is 7.63. The summed E-state index contributed by atoms with van der Waals surface area (Å²) in [5.74, 6) is 1.19. The molecule has 3 rings (SSSR count). The summed E-state index contributed by atoms with van der Waals surface area (Å²) in [5.41, 5.74) is 6.94. The Kier molecular flexibility index (Phi) is 4.22. The Bertz CT molecular complexity index is 566. The molecule has 2 heterocycles. The molecule has 22 heavy (non-hydrogen) atoms. The quantitative estimate of drug-likeness (QED) is 0.671. The second-order valence-corrected chi connectivity index (χ2v) is 5.96. The van der Waals surface area contributed by atoms with Gasteiger partial charge in [-0.05, 0) is 19.9 Å². The van der Waals surface area contributed by atoms with Crippen molar-refractivity contribution in [2.75, 3.05) is 38.6 Å². The van der Waals surface area contributed by atoms with Crippen LogP contribution >= 0.6 is 0 Å². The van der Waals surface area contributed by atoms with Gasteiger partial charge in [-0.25, -0.2) is 0 Å². The lowest BCUT2D eigenvalue weighted by molar-refractivity contribution is -0.0652. The Hall–Kier alpha value is -1.79. The largest absolute Gasteiger partial charge is 0.486 e. The number of ether oxygens (including phenoxy) is 3. The minimum atomic E-state index is -0.00391. The molecule has 0 radical (unpaired) electrons. The molecule has 0 aromatic heterocycles. The van der Waals surface area contributed by atoms with Crippen LogP contribution in [0.1, 0.15) is 24.2 Å². The maximum atomic E-state index is 12.6. The van der Waals surface area contributed by atoms with Crippen LogP contribution in [0.3, 0.4) is 0 Å². The fourth-order valence-corrected chi connectivity index (χ4v) is 3.05. The number of benzene rings is 1. The number of carbonyl (C=O) groups is 1. The maximum Gasteiger partial charge on any atom is 0.179 e. The summed E-state index contributed by atoms with van der Waals surface area (Å²) in [6.45, 7) is 6.87. The molecule has 1 saturated heterocycles. The molecule has 2 unspecified atom stereocenters. The smallest absolute Gasteiger partial charge is 0.179 e. The van der Waals surface area contributed by atoms with Gasteiger partial charge in [0.25, 0.3) is 0 Å². The van der Waals surface area contributed by atoms with E-state index in [1.54, 1.807) is 12.1 Å². The molecule has 0 spiro atoms. The molecule has 0 saturated carbocycles. The monoisotopic (exact) mass is 306 g/mol.